The summed E-state index contributed by atoms with van der Waals surface area (Å²) in [4.78, 5) is 0. The third-order valence-corrected chi connectivity index (χ3v) is 2.29. The maximum Gasteiger partial charge on any atom is 0.137 e. The number of nitrogens with zero attached hydrogens (tertiary/aromatic N) is 2. The van der Waals surface area contributed by atoms with Crippen LogP contribution in [-0.2, 0) is 0 Å². The molecule has 9 heavy (non-hydrogen) atoms. The molecule has 2 radical (unpaired) electrons. The van der Waals surface area contributed by atoms with Crippen molar-refractivity contribution < 1.29 is 0 Å². The highest BCUT2D eigenvalue weighted by Gasteiger charge is 2.46. The van der Waals surface area contributed by atoms with Gasteiger partial charge in [-0.05, 0) is 12.8 Å². The van der Waals surface area contributed by atoms with Crippen molar-refractivity contribution in [2.75, 3.05) is 0 Å². The quantitative estimate of drug-likeness (QED) is 0.434. The van der Waals surface area contributed by atoms with Crippen LogP contribution in [0.25, 0.3) is 0 Å². The van der Waals surface area contributed by atoms with E-state index in [-0.39, 0.29) is 5.66 Å². The average Bonchev–Trinajstić information content (AvgIpc) is 2.64. The minimum absolute atomic E-state index is 0.163. The molecule has 2 heteroatoms. The van der Waals surface area contributed by atoms with Crippen LogP contribution in [0.15, 0.2) is 0 Å². The molecule has 2 fully saturated rings. The Morgan fingerprint density at radius 1 is 0.778 bits per heavy atom. The van der Waals surface area contributed by atoms with Gasteiger partial charge in [-0.15, -0.1) is 10.9 Å². The normalized spacial score (nSPS) is 32.0. The molecular weight excluding hydrogens is 112 g/mol. The highest BCUT2D eigenvalue weighted by atomic mass is 15.7. The van der Waals surface area contributed by atoms with E-state index in [0.717, 1.165) is 0 Å². The minimum Gasteiger partial charge on any atom is -0.117 e. The lowest BCUT2D eigenvalue weighted by Crippen LogP contribution is -2.11. The second kappa shape index (κ2) is 1.96. The molecule has 1 spiro atoms. The fourth-order valence-corrected chi connectivity index (χ4v) is 1.57. The zero-order valence-corrected chi connectivity index (χ0v) is 5.64. The van der Waals surface area contributed by atoms with Gasteiger partial charge in [0.15, 0.2) is 0 Å². The number of hydrogen-bond acceptors (Lipinski definition) is 0. The van der Waals surface area contributed by atoms with Crippen LogP contribution in [0.5, 0.6) is 0 Å². The van der Waals surface area contributed by atoms with Gasteiger partial charge in [-0.3, -0.25) is 0 Å². The van der Waals surface area contributed by atoms with Gasteiger partial charge >= 0.3 is 0 Å². The van der Waals surface area contributed by atoms with Gasteiger partial charge in [0.1, 0.15) is 5.66 Å². The predicted molar refractivity (Wildman–Crippen MR) is 34.7 cm³/mol. The van der Waals surface area contributed by atoms with Crippen molar-refractivity contribution in [1.82, 2.24) is 10.9 Å². The summed E-state index contributed by atoms with van der Waals surface area (Å²) in [6.45, 7) is 0. The van der Waals surface area contributed by atoms with Crippen molar-refractivity contribution in [3.05, 3.63) is 0 Å². The molecule has 0 unspecified atom stereocenters. The smallest absolute Gasteiger partial charge is 0.117 e. The minimum atomic E-state index is 0.163. The molecule has 0 N–H and O–H groups in total. The van der Waals surface area contributed by atoms with E-state index in [2.05, 4.69) is 10.9 Å². The fourth-order valence-electron chi connectivity index (χ4n) is 1.57. The standard InChI is InChI=1S/C7H12N2/c1-2-4-6-7(5-3-1)8-9-7/h1-6H2. The average molecular weight is 124 g/mol. The molecule has 0 amide bonds. The van der Waals surface area contributed by atoms with Crippen LogP contribution in [0.4, 0.5) is 0 Å². The second-order valence-corrected chi connectivity index (χ2v) is 3.10. The summed E-state index contributed by atoms with van der Waals surface area (Å²) in [5.74, 6) is 0. The van der Waals surface area contributed by atoms with Crippen molar-refractivity contribution in [3.8, 4) is 0 Å². The first-order chi connectivity index (χ1) is 4.41. The van der Waals surface area contributed by atoms with Gasteiger partial charge in [0.05, 0.1) is 0 Å². The van der Waals surface area contributed by atoms with Crippen LogP contribution < -0.4 is 10.9 Å². The van der Waals surface area contributed by atoms with Gasteiger partial charge in [0.25, 0.3) is 0 Å². The van der Waals surface area contributed by atoms with E-state index in [0.29, 0.717) is 0 Å². The Labute approximate surface area is 56.0 Å². The highest BCUT2D eigenvalue weighted by molar-refractivity contribution is 4.93. The van der Waals surface area contributed by atoms with E-state index in [9.17, 15) is 0 Å². The Bertz CT molecular complexity index is 97.5. The van der Waals surface area contributed by atoms with Gasteiger partial charge in [-0.25, -0.2) is 0 Å². The first-order valence-electron chi connectivity index (χ1n) is 3.85. The zero-order chi connectivity index (χ0) is 6.16. The molecule has 0 atom stereocenters. The first kappa shape index (κ1) is 5.69. The molecule has 2 aliphatic rings. The molecular formula is C7H12N2. The Morgan fingerprint density at radius 2 is 1.33 bits per heavy atom. The maximum atomic E-state index is 4.08. The van der Waals surface area contributed by atoms with Crippen LogP contribution in [-0.4, -0.2) is 5.66 Å². The SMILES string of the molecule is C1CCCC2(CC1)[N][N]2. The molecule has 2 rings (SSSR count). The first-order valence-corrected chi connectivity index (χ1v) is 3.85. The highest BCUT2D eigenvalue weighted by Crippen LogP contribution is 2.32. The summed E-state index contributed by atoms with van der Waals surface area (Å²) >= 11 is 0. The molecule has 2 nitrogen and oxygen atoms in total. The lowest BCUT2D eigenvalue weighted by atomic mass is 10.1. The van der Waals surface area contributed by atoms with Crippen LogP contribution in [0.2, 0.25) is 0 Å². The molecule has 1 saturated carbocycles. The Hall–Kier alpha value is -0.0800. The van der Waals surface area contributed by atoms with Crippen LogP contribution >= 0.6 is 0 Å². The second-order valence-electron chi connectivity index (χ2n) is 3.10. The van der Waals surface area contributed by atoms with Crippen LogP contribution in [0.1, 0.15) is 38.5 Å². The van der Waals surface area contributed by atoms with Crippen molar-refractivity contribution in [3.63, 3.8) is 0 Å². The predicted octanol–water partition coefficient (Wildman–Crippen LogP) is 1.17. The van der Waals surface area contributed by atoms with Gasteiger partial charge < -0.3 is 0 Å². The molecule has 0 bridgehead atoms. The summed E-state index contributed by atoms with van der Waals surface area (Å²) in [5, 5.41) is 0. The monoisotopic (exact) mass is 124 g/mol. The maximum absolute atomic E-state index is 4.08. The van der Waals surface area contributed by atoms with E-state index >= 15 is 0 Å². The van der Waals surface area contributed by atoms with Gasteiger partial charge in [-0.1, -0.05) is 25.7 Å². The van der Waals surface area contributed by atoms with Gasteiger partial charge in [0, 0.05) is 0 Å². The fraction of sp³-hybridized carbons (Fsp3) is 1.00. The van der Waals surface area contributed by atoms with Gasteiger partial charge in [-0.2, -0.15) is 0 Å². The Kier molecular flexibility index (Phi) is 1.24. The Morgan fingerprint density at radius 3 is 1.78 bits per heavy atom. The molecule has 0 aromatic carbocycles. The third-order valence-electron chi connectivity index (χ3n) is 2.29. The number of rotatable bonds is 0. The molecule has 0 aromatic heterocycles. The van der Waals surface area contributed by atoms with E-state index in [1.165, 1.54) is 38.5 Å². The molecule has 50 valence electrons. The summed E-state index contributed by atoms with van der Waals surface area (Å²) < 4.78 is 0. The zero-order valence-electron chi connectivity index (χ0n) is 5.64. The lowest BCUT2D eigenvalue weighted by Gasteiger charge is -2.01. The van der Waals surface area contributed by atoms with Crippen molar-refractivity contribution in [2.45, 2.75) is 44.2 Å². The van der Waals surface area contributed by atoms with Crippen LogP contribution in [0.3, 0.4) is 0 Å². The van der Waals surface area contributed by atoms with Gasteiger partial charge in [0.2, 0.25) is 0 Å². The van der Waals surface area contributed by atoms with Crippen molar-refractivity contribution >= 4 is 0 Å². The molecule has 1 heterocycles. The number of hydrogen-bond donors (Lipinski definition) is 0. The van der Waals surface area contributed by atoms with E-state index in [1.807, 2.05) is 0 Å². The van der Waals surface area contributed by atoms with E-state index in [4.69, 9.17) is 0 Å². The topological polar surface area (TPSA) is 28.2 Å². The van der Waals surface area contributed by atoms with Crippen LogP contribution in [0, 0.1) is 0 Å². The largest absolute Gasteiger partial charge is 0.137 e. The van der Waals surface area contributed by atoms with E-state index < -0.39 is 0 Å². The molecule has 1 saturated heterocycles. The van der Waals surface area contributed by atoms with E-state index in [1.54, 1.807) is 0 Å². The molecule has 1 aliphatic heterocycles. The summed E-state index contributed by atoms with van der Waals surface area (Å²) in [6, 6.07) is 0. The summed E-state index contributed by atoms with van der Waals surface area (Å²) in [7, 11) is 0. The summed E-state index contributed by atoms with van der Waals surface area (Å²) in [5.41, 5.74) is 8.32. The molecule has 1 aliphatic carbocycles. The third kappa shape index (κ3) is 1.10. The molecule has 0 aromatic rings. The lowest BCUT2D eigenvalue weighted by molar-refractivity contribution is 0.518. The van der Waals surface area contributed by atoms with Crippen molar-refractivity contribution in [2.24, 2.45) is 0 Å². The summed E-state index contributed by atoms with van der Waals surface area (Å²) in [6.07, 6.45) is 7.93. The van der Waals surface area contributed by atoms with Crippen molar-refractivity contribution in [1.29, 1.82) is 0 Å². The Balaban J connectivity index is 1.92.